The summed E-state index contributed by atoms with van der Waals surface area (Å²) in [6.07, 6.45) is 0. The van der Waals surface area contributed by atoms with E-state index in [0.29, 0.717) is 16.5 Å². The van der Waals surface area contributed by atoms with Crippen molar-refractivity contribution in [3.8, 4) is 5.75 Å². The molecule has 0 radical (unpaired) electrons. The molecule has 0 aliphatic rings. The lowest BCUT2D eigenvalue weighted by atomic mass is 10.0. The molecule has 0 saturated carbocycles. The van der Waals surface area contributed by atoms with E-state index in [1.807, 2.05) is 26.8 Å². The first-order valence-electron chi connectivity index (χ1n) is 8.08. The summed E-state index contributed by atoms with van der Waals surface area (Å²) in [4.78, 5) is 23.5. The first-order valence-corrected chi connectivity index (χ1v) is 8.45. The molecule has 0 aliphatic heterocycles. The first kappa shape index (κ1) is 19.8. The maximum absolute atomic E-state index is 11.8. The van der Waals surface area contributed by atoms with Crippen LogP contribution in [0.25, 0.3) is 0 Å². The molecule has 1 amide bonds. The Morgan fingerprint density at radius 1 is 1.23 bits per heavy atom. The Morgan fingerprint density at radius 3 is 2.58 bits per heavy atom. The summed E-state index contributed by atoms with van der Waals surface area (Å²) in [5.41, 5.74) is 1.74. The number of aryl methyl sites for hydroxylation is 2. The first-order chi connectivity index (χ1) is 12.3. The minimum absolute atomic E-state index is 0.177. The van der Waals surface area contributed by atoms with Crippen molar-refractivity contribution in [1.29, 1.82) is 0 Å². The van der Waals surface area contributed by atoms with Crippen LogP contribution in [0.2, 0.25) is 5.02 Å². The lowest BCUT2D eigenvalue weighted by Gasteiger charge is -2.15. The summed E-state index contributed by atoms with van der Waals surface area (Å²) < 4.78 is 15.3. The quantitative estimate of drug-likeness (QED) is 0.737. The smallest absolute Gasteiger partial charge is 0.344 e. The van der Waals surface area contributed by atoms with Gasteiger partial charge in [0, 0.05) is 11.1 Å². The van der Waals surface area contributed by atoms with Crippen LogP contribution in [0.4, 0.5) is 5.82 Å². The third-order valence-electron chi connectivity index (χ3n) is 3.52. The number of hydrogen-bond acceptors (Lipinski definition) is 6. The van der Waals surface area contributed by atoms with Gasteiger partial charge in [-0.3, -0.25) is 4.79 Å². The molecule has 7 nitrogen and oxygen atoms in total. The number of halogens is 1. The summed E-state index contributed by atoms with van der Waals surface area (Å²) in [7, 11) is 0. The molecule has 8 heteroatoms. The fourth-order valence-electron chi connectivity index (χ4n) is 2.18. The number of ether oxygens (including phenoxy) is 2. The zero-order valence-corrected chi connectivity index (χ0v) is 15.8. The molecule has 0 aliphatic carbocycles. The minimum atomic E-state index is -0.654. The van der Waals surface area contributed by atoms with Crippen LogP contribution in [0.15, 0.2) is 22.7 Å². The van der Waals surface area contributed by atoms with Gasteiger partial charge in [-0.2, -0.15) is 0 Å². The maximum Gasteiger partial charge on any atom is 0.344 e. The van der Waals surface area contributed by atoms with E-state index in [9.17, 15) is 9.59 Å². The van der Waals surface area contributed by atoms with Gasteiger partial charge in [-0.05, 0) is 43.0 Å². The number of nitrogens with one attached hydrogen (secondary N) is 1. The van der Waals surface area contributed by atoms with Crippen molar-refractivity contribution in [2.24, 2.45) is 0 Å². The molecule has 0 saturated heterocycles. The van der Waals surface area contributed by atoms with E-state index >= 15 is 0 Å². The van der Waals surface area contributed by atoms with Gasteiger partial charge in [0.05, 0.1) is 0 Å². The summed E-state index contributed by atoms with van der Waals surface area (Å²) in [6, 6.07) is 5.17. The zero-order chi connectivity index (χ0) is 19.3. The van der Waals surface area contributed by atoms with Crippen molar-refractivity contribution in [1.82, 2.24) is 5.16 Å². The molecular weight excluding hydrogens is 360 g/mol. The van der Waals surface area contributed by atoms with Crippen molar-refractivity contribution >= 4 is 29.3 Å². The van der Waals surface area contributed by atoms with E-state index in [4.69, 9.17) is 25.6 Å². The lowest BCUT2D eigenvalue weighted by molar-refractivity contribution is -0.149. The fraction of sp³-hybridized carbons (Fsp3) is 0.389. The Hall–Kier alpha value is -2.54. The SMILES string of the molecule is Cc1cc(NC(=O)COC(=O)COc2cc(C)c(Cl)cc2C(C)C)no1. The summed E-state index contributed by atoms with van der Waals surface area (Å²) in [5, 5.41) is 6.71. The molecule has 140 valence electrons. The third kappa shape index (κ3) is 5.49. The van der Waals surface area contributed by atoms with Crippen molar-refractivity contribution in [2.75, 3.05) is 18.5 Å². The van der Waals surface area contributed by atoms with Gasteiger partial charge in [-0.1, -0.05) is 30.6 Å². The number of carbonyl (C=O) groups excluding carboxylic acids is 2. The largest absolute Gasteiger partial charge is 0.482 e. The Kier molecular flexibility index (Phi) is 6.63. The number of rotatable bonds is 7. The van der Waals surface area contributed by atoms with Crippen LogP contribution in [0, 0.1) is 13.8 Å². The molecule has 0 bridgehead atoms. The molecule has 26 heavy (non-hydrogen) atoms. The molecule has 1 heterocycles. The van der Waals surface area contributed by atoms with Crippen LogP contribution < -0.4 is 10.1 Å². The number of carbonyl (C=O) groups is 2. The number of nitrogens with zero attached hydrogens (tertiary/aromatic N) is 1. The maximum atomic E-state index is 11.8. The highest BCUT2D eigenvalue weighted by Crippen LogP contribution is 2.31. The second kappa shape index (κ2) is 8.71. The highest BCUT2D eigenvalue weighted by Gasteiger charge is 2.14. The molecule has 1 N–H and O–H groups in total. The van der Waals surface area contributed by atoms with E-state index < -0.39 is 18.5 Å². The number of benzene rings is 1. The van der Waals surface area contributed by atoms with E-state index in [1.165, 1.54) is 0 Å². The predicted molar refractivity (Wildman–Crippen MR) is 96.6 cm³/mol. The van der Waals surface area contributed by atoms with Crippen molar-refractivity contribution in [2.45, 2.75) is 33.6 Å². The van der Waals surface area contributed by atoms with Crippen LogP contribution in [-0.4, -0.2) is 30.2 Å². The average Bonchev–Trinajstić information content (AvgIpc) is 2.98. The van der Waals surface area contributed by atoms with E-state index in [-0.39, 0.29) is 18.3 Å². The molecule has 0 unspecified atom stereocenters. The van der Waals surface area contributed by atoms with E-state index in [0.717, 1.165) is 11.1 Å². The zero-order valence-electron chi connectivity index (χ0n) is 15.1. The second-order valence-electron chi connectivity index (χ2n) is 6.11. The van der Waals surface area contributed by atoms with Crippen LogP contribution in [0.5, 0.6) is 5.75 Å². The molecule has 0 spiro atoms. The Morgan fingerprint density at radius 2 is 1.96 bits per heavy atom. The van der Waals surface area contributed by atoms with Crippen molar-refractivity contribution in [3.05, 3.63) is 40.1 Å². The standard InChI is InChI=1S/C18H21ClN2O5/c1-10(2)13-7-14(19)11(3)5-15(13)24-9-18(23)25-8-17(22)20-16-6-12(4)26-21-16/h5-7,10H,8-9H2,1-4H3,(H,20,21,22). The summed E-state index contributed by atoms with van der Waals surface area (Å²) >= 11 is 6.14. The Bertz CT molecular complexity index is 801. The summed E-state index contributed by atoms with van der Waals surface area (Å²) in [6.45, 7) is 6.81. The van der Waals surface area contributed by atoms with Gasteiger partial charge in [0.1, 0.15) is 11.5 Å². The Labute approximate surface area is 156 Å². The number of esters is 1. The fourth-order valence-corrected chi connectivity index (χ4v) is 2.35. The number of aromatic nitrogens is 1. The van der Waals surface area contributed by atoms with Crippen molar-refractivity contribution < 1.29 is 23.6 Å². The minimum Gasteiger partial charge on any atom is -0.482 e. The molecule has 2 aromatic rings. The number of anilines is 1. The highest BCUT2D eigenvalue weighted by atomic mass is 35.5. The summed E-state index contributed by atoms with van der Waals surface area (Å²) in [5.74, 6) is 0.399. The highest BCUT2D eigenvalue weighted by molar-refractivity contribution is 6.31. The Balaban J connectivity index is 1.85. The number of amides is 1. The van der Waals surface area contributed by atoms with E-state index in [2.05, 4.69) is 10.5 Å². The van der Waals surface area contributed by atoms with Gasteiger partial charge < -0.3 is 19.3 Å². The second-order valence-corrected chi connectivity index (χ2v) is 6.52. The van der Waals surface area contributed by atoms with Crippen LogP contribution >= 0.6 is 11.6 Å². The normalized spacial score (nSPS) is 10.7. The van der Waals surface area contributed by atoms with Gasteiger partial charge >= 0.3 is 5.97 Å². The molecule has 0 atom stereocenters. The molecule has 0 fully saturated rings. The third-order valence-corrected chi connectivity index (χ3v) is 3.93. The topological polar surface area (TPSA) is 90.7 Å². The molecule has 2 rings (SSSR count). The molecular formula is C18H21ClN2O5. The van der Waals surface area contributed by atoms with Gasteiger partial charge in [0.2, 0.25) is 0 Å². The monoisotopic (exact) mass is 380 g/mol. The van der Waals surface area contributed by atoms with Gasteiger partial charge in [0.15, 0.2) is 19.0 Å². The van der Waals surface area contributed by atoms with Crippen LogP contribution in [0.1, 0.15) is 36.7 Å². The number of hydrogen-bond donors (Lipinski definition) is 1. The van der Waals surface area contributed by atoms with Crippen LogP contribution in [0.3, 0.4) is 0 Å². The molecule has 1 aromatic carbocycles. The van der Waals surface area contributed by atoms with Crippen LogP contribution in [-0.2, 0) is 14.3 Å². The van der Waals surface area contributed by atoms with E-state index in [1.54, 1.807) is 19.1 Å². The van der Waals surface area contributed by atoms with Gasteiger partial charge in [0.25, 0.3) is 5.91 Å². The van der Waals surface area contributed by atoms with Gasteiger partial charge in [-0.15, -0.1) is 0 Å². The van der Waals surface area contributed by atoms with Gasteiger partial charge in [-0.25, -0.2) is 4.79 Å². The lowest BCUT2D eigenvalue weighted by Crippen LogP contribution is -2.24. The predicted octanol–water partition coefficient (Wildman–Crippen LogP) is 3.63. The average molecular weight is 381 g/mol. The molecule has 1 aromatic heterocycles. The van der Waals surface area contributed by atoms with Crippen molar-refractivity contribution in [3.63, 3.8) is 0 Å².